The van der Waals surface area contributed by atoms with Gasteiger partial charge in [-0.25, -0.2) is 0 Å². The smallest absolute Gasteiger partial charge is 0.295 e. The molecule has 0 heterocycles. The molecule has 0 aliphatic carbocycles. The zero-order chi connectivity index (χ0) is 8.69. The molecule has 0 saturated heterocycles. The maximum absolute atomic E-state index is 10.6. The van der Waals surface area contributed by atoms with E-state index in [4.69, 9.17) is 11.5 Å². The molecule has 3 heteroatoms. The monoisotopic (exact) mass is 155 g/mol. The van der Waals surface area contributed by atoms with Crippen molar-refractivity contribution in [1.82, 2.24) is 5.32 Å². The van der Waals surface area contributed by atoms with E-state index < -0.39 is 5.91 Å². The first kappa shape index (κ1) is 9.99. The highest BCUT2D eigenvalue weighted by Crippen LogP contribution is 1.95. The second-order valence-corrected chi connectivity index (χ2v) is 2.24. The third-order valence-electron chi connectivity index (χ3n) is 1.44. The molecule has 1 amide bonds. The lowest BCUT2D eigenvalue weighted by atomic mass is 10.1. The molecule has 0 rings (SSSR count). The van der Waals surface area contributed by atoms with E-state index in [1.807, 2.05) is 12.8 Å². The molecule has 0 bridgehead atoms. The molecule has 1 unspecified atom stereocenters. The van der Waals surface area contributed by atoms with Gasteiger partial charge in [0.25, 0.3) is 5.91 Å². The summed E-state index contributed by atoms with van der Waals surface area (Å²) in [5.74, 6) is 1.54. The summed E-state index contributed by atoms with van der Waals surface area (Å²) in [6.45, 7) is 2.00. The van der Waals surface area contributed by atoms with E-state index in [9.17, 15) is 4.79 Å². The zero-order valence-corrected chi connectivity index (χ0v) is 6.63. The minimum atomic E-state index is -0.412. The normalized spacial score (nSPS) is 11.7. The predicted octanol–water partition coefficient (Wildman–Crippen LogP) is -0.103. The van der Waals surface area contributed by atoms with Gasteiger partial charge in [-0.05, 0) is 18.8 Å². The maximum Gasteiger partial charge on any atom is 0.295 e. The maximum atomic E-state index is 10.6. The highest BCUT2D eigenvalue weighted by Gasteiger charge is 2.06. The lowest BCUT2D eigenvalue weighted by Gasteiger charge is -2.12. The molecular weight excluding hydrogens is 142 g/mol. The van der Waals surface area contributed by atoms with Crippen molar-refractivity contribution in [3.05, 3.63) is 0 Å². The van der Waals surface area contributed by atoms with Crippen molar-refractivity contribution < 1.29 is 9.90 Å². The fourth-order valence-corrected chi connectivity index (χ4v) is 0.761. The molecule has 2 N–H and O–H groups in total. The van der Waals surface area contributed by atoms with Gasteiger partial charge in [-0.3, -0.25) is 4.79 Å². The summed E-state index contributed by atoms with van der Waals surface area (Å²) in [6, 6.07) is 0.00329. The van der Waals surface area contributed by atoms with Gasteiger partial charge in [-0.2, -0.15) is 0 Å². The largest absolute Gasteiger partial charge is 0.396 e. The quantitative estimate of drug-likeness (QED) is 0.557. The first-order valence-corrected chi connectivity index (χ1v) is 3.62. The van der Waals surface area contributed by atoms with Gasteiger partial charge in [0.05, 0.1) is 0 Å². The lowest BCUT2D eigenvalue weighted by molar-refractivity contribution is -0.116. The van der Waals surface area contributed by atoms with Crippen LogP contribution in [-0.4, -0.2) is 23.7 Å². The Kier molecular flexibility index (Phi) is 5.22. The van der Waals surface area contributed by atoms with Crippen molar-refractivity contribution in [2.45, 2.75) is 25.8 Å². The molecular formula is C8H13NO2. The third-order valence-corrected chi connectivity index (χ3v) is 1.44. The predicted molar refractivity (Wildman–Crippen MR) is 42.8 cm³/mol. The zero-order valence-electron chi connectivity index (χ0n) is 6.63. The fraction of sp³-hybridized carbons (Fsp3) is 0.625. The Bertz CT molecular complexity index is 160. The SMILES string of the molecule is C#CC(=O)NC(CC)CCO. The van der Waals surface area contributed by atoms with Crippen LogP contribution in [0.15, 0.2) is 0 Å². The van der Waals surface area contributed by atoms with E-state index in [-0.39, 0.29) is 12.6 Å². The molecule has 11 heavy (non-hydrogen) atoms. The van der Waals surface area contributed by atoms with Crippen LogP contribution in [0.25, 0.3) is 0 Å². The Balaban J connectivity index is 3.70. The van der Waals surface area contributed by atoms with Gasteiger partial charge >= 0.3 is 0 Å². The first-order valence-electron chi connectivity index (χ1n) is 3.62. The number of rotatable bonds is 4. The summed E-state index contributed by atoms with van der Waals surface area (Å²) >= 11 is 0. The molecule has 3 nitrogen and oxygen atoms in total. The fourth-order valence-electron chi connectivity index (χ4n) is 0.761. The van der Waals surface area contributed by atoms with Crippen molar-refractivity contribution in [3.63, 3.8) is 0 Å². The number of aliphatic hydroxyl groups excluding tert-OH is 1. The highest BCUT2D eigenvalue weighted by molar-refractivity contribution is 5.92. The second kappa shape index (κ2) is 5.75. The number of aliphatic hydroxyl groups is 1. The number of carbonyl (C=O) groups excluding carboxylic acids is 1. The number of nitrogens with one attached hydrogen (secondary N) is 1. The van der Waals surface area contributed by atoms with Crippen LogP contribution < -0.4 is 5.32 Å². The molecule has 0 aromatic carbocycles. The van der Waals surface area contributed by atoms with E-state index in [2.05, 4.69) is 5.32 Å². The van der Waals surface area contributed by atoms with Crippen LogP contribution in [0.1, 0.15) is 19.8 Å². The number of carbonyl (C=O) groups is 1. The second-order valence-electron chi connectivity index (χ2n) is 2.24. The molecule has 0 fully saturated rings. The highest BCUT2D eigenvalue weighted by atomic mass is 16.3. The minimum absolute atomic E-state index is 0.00329. The number of amides is 1. The summed E-state index contributed by atoms with van der Waals surface area (Å²) in [5.41, 5.74) is 0. The van der Waals surface area contributed by atoms with Crippen molar-refractivity contribution in [2.24, 2.45) is 0 Å². The van der Waals surface area contributed by atoms with Crippen molar-refractivity contribution >= 4 is 5.91 Å². The van der Waals surface area contributed by atoms with Gasteiger partial charge in [0.1, 0.15) is 0 Å². The van der Waals surface area contributed by atoms with Crippen LogP contribution in [-0.2, 0) is 4.79 Å². The lowest BCUT2D eigenvalue weighted by Crippen LogP contribution is -2.33. The van der Waals surface area contributed by atoms with E-state index in [0.717, 1.165) is 6.42 Å². The van der Waals surface area contributed by atoms with E-state index in [0.29, 0.717) is 6.42 Å². The topological polar surface area (TPSA) is 49.3 Å². The average molecular weight is 155 g/mol. The van der Waals surface area contributed by atoms with Crippen LogP contribution in [0.3, 0.4) is 0 Å². The third kappa shape index (κ3) is 4.40. The molecule has 0 aliphatic heterocycles. The van der Waals surface area contributed by atoms with Crippen molar-refractivity contribution in [3.8, 4) is 12.3 Å². The van der Waals surface area contributed by atoms with Crippen LogP contribution in [0.2, 0.25) is 0 Å². The van der Waals surface area contributed by atoms with E-state index >= 15 is 0 Å². The Labute approximate surface area is 66.8 Å². The van der Waals surface area contributed by atoms with Gasteiger partial charge in [0, 0.05) is 12.6 Å². The van der Waals surface area contributed by atoms with Gasteiger partial charge in [-0.15, -0.1) is 6.42 Å². The van der Waals surface area contributed by atoms with Gasteiger partial charge in [-0.1, -0.05) is 6.92 Å². The van der Waals surface area contributed by atoms with Crippen LogP contribution >= 0.6 is 0 Å². The number of hydrogen-bond acceptors (Lipinski definition) is 2. The molecule has 0 radical (unpaired) electrons. The standard InChI is InChI=1S/C8H13NO2/c1-3-7(5-6-10)9-8(11)4-2/h2,7,10H,3,5-6H2,1H3,(H,9,11). The summed E-state index contributed by atoms with van der Waals surface area (Å²) in [5, 5.41) is 11.1. The number of hydrogen-bond donors (Lipinski definition) is 2. The summed E-state index contributed by atoms with van der Waals surface area (Å²) in [7, 11) is 0. The van der Waals surface area contributed by atoms with Crippen LogP contribution in [0.4, 0.5) is 0 Å². The first-order chi connectivity index (χ1) is 5.24. The molecule has 0 saturated carbocycles. The molecule has 62 valence electrons. The van der Waals surface area contributed by atoms with Crippen LogP contribution in [0, 0.1) is 12.3 Å². The average Bonchev–Trinajstić information content (AvgIpc) is 2.03. The Morgan fingerprint density at radius 1 is 1.82 bits per heavy atom. The number of terminal acetylenes is 1. The Morgan fingerprint density at radius 2 is 2.45 bits per heavy atom. The van der Waals surface area contributed by atoms with E-state index in [1.165, 1.54) is 0 Å². The van der Waals surface area contributed by atoms with E-state index in [1.54, 1.807) is 0 Å². The Morgan fingerprint density at radius 3 is 2.82 bits per heavy atom. The summed E-state index contributed by atoms with van der Waals surface area (Å²) < 4.78 is 0. The summed E-state index contributed by atoms with van der Waals surface area (Å²) in [4.78, 5) is 10.6. The molecule has 0 aromatic rings. The van der Waals surface area contributed by atoms with Gasteiger partial charge in [0.2, 0.25) is 0 Å². The van der Waals surface area contributed by atoms with Crippen molar-refractivity contribution in [2.75, 3.05) is 6.61 Å². The Hall–Kier alpha value is -1.01. The summed E-state index contributed by atoms with van der Waals surface area (Å²) in [6.07, 6.45) is 6.19. The van der Waals surface area contributed by atoms with Gasteiger partial charge in [0.15, 0.2) is 0 Å². The molecule has 0 aromatic heterocycles. The van der Waals surface area contributed by atoms with Crippen molar-refractivity contribution in [1.29, 1.82) is 0 Å². The van der Waals surface area contributed by atoms with Crippen LogP contribution in [0.5, 0.6) is 0 Å². The molecule has 0 aliphatic rings. The molecule has 0 spiro atoms. The minimum Gasteiger partial charge on any atom is -0.396 e. The van der Waals surface area contributed by atoms with Gasteiger partial charge < -0.3 is 10.4 Å². The molecule has 1 atom stereocenters.